The van der Waals surface area contributed by atoms with Gasteiger partial charge in [-0.2, -0.15) is 0 Å². The Hall–Kier alpha value is -0.200. The van der Waals surface area contributed by atoms with Crippen LogP contribution in [0.15, 0.2) is 0 Å². The minimum absolute atomic E-state index is 1.07. The quantitative estimate of drug-likeness (QED) is 0.551. The van der Waals surface area contributed by atoms with Gasteiger partial charge in [-0.15, -0.1) is 0 Å². The van der Waals surface area contributed by atoms with Crippen molar-refractivity contribution in [2.24, 2.45) is 0 Å². The van der Waals surface area contributed by atoms with Crippen LogP contribution in [-0.4, -0.2) is 113 Å². The van der Waals surface area contributed by atoms with Gasteiger partial charge < -0.3 is 24.9 Å². The van der Waals surface area contributed by atoms with Crippen LogP contribution in [-0.2, 0) is 0 Å². The molecular weight excluding hydrogens is 262 g/mol. The third-order valence-electron chi connectivity index (χ3n) is 4.47. The fourth-order valence-electron chi connectivity index (χ4n) is 2.64. The predicted octanol–water partition coefficient (Wildman–Crippen LogP) is 0.0970. The molecule has 1 aliphatic rings. The van der Waals surface area contributed by atoms with Crippen molar-refractivity contribution < 1.29 is 0 Å². The van der Waals surface area contributed by atoms with E-state index < -0.39 is 0 Å². The van der Waals surface area contributed by atoms with E-state index in [1.165, 1.54) is 45.6 Å². The molecule has 0 atom stereocenters. The van der Waals surface area contributed by atoms with Gasteiger partial charge in [0.25, 0.3) is 0 Å². The molecule has 126 valence electrons. The normalized spacial score (nSPS) is 16.7. The van der Waals surface area contributed by atoms with E-state index in [4.69, 9.17) is 0 Å². The number of rotatable bonds is 12. The second-order valence-corrected chi connectivity index (χ2v) is 6.56. The molecule has 1 fully saturated rings. The molecule has 0 spiro atoms. The molecule has 0 bridgehead atoms. The van der Waals surface area contributed by atoms with Crippen LogP contribution in [0.25, 0.3) is 0 Å². The summed E-state index contributed by atoms with van der Waals surface area (Å²) in [6.45, 7) is 11.9. The maximum absolute atomic E-state index is 3.20. The maximum atomic E-state index is 3.20. The Morgan fingerprint density at radius 1 is 0.762 bits per heavy atom. The first-order valence-corrected chi connectivity index (χ1v) is 8.54. The Kier molecular flexibility index (Phi) is 10.2. The summed E-state index contributed by atoms with van der Waals surface area (Å²) < 4.78 is 0. The van der Waals surface area contributed by atoms with E-state index in [-0.39, 0.29) is 0 Å². The second-order valence-electron chi connectivity index (χ2n) is 6.56. The van der Waals surface area contributed by atoms with Gasteiger partial charge in [0.2, 0.25) is 0 Å². The summed E-state index contributed by atoms with van der Waals surface area (Å²) in [5.74, 6) is 0. The Bertz CT molecular complexity index is 243. The van der Waals surface area contributed by atoms with Gasteiger partial charge >= 0.3 is 0 Å². The number of likely N-dealkylation sites (tertiary alicyclic amines) is 1. The second kappa shape index (κ2) is 11.4. The Morgan fingerprint density at radius 2 is 1.24 bits per heavy atom. The Labute approximate surface area is 132 Å². The summed E-state index contributed by atoms with van der Waals surface area (Å²) in [6, 6.07) is 0. The van der Waals surface area contributed by atoms with E-state index in [2.05, 4.69) is 46.1 Å². The highest BCUT2D eigenvalue weighted by Gasteiger charge is 2.11. The number of likely N-dealkylation sites (N-methyl/N-ethyl adjacent to an activating group) is 4. The first kappa shape index (κ1) is 18.8. The molecule has 1 aliphatic heterocycles. The number of hydrogen-bond acceptors (Lipinski definition) is 5. The third kappa shape index (κ3) is 9.42. The van der Waals surface area contributed by atoms with Crippen LogP contribution < -0.4 is 5.32 Å². The van der Waals surface area contributed by atoms with Gasteiger partial charge in [0, 0.05) is 52.4 Å². The summed E-state index contributed by atoms with van der Waals surface area (Å²) in [5.41, 5.74) is 0. The molecule has 21 heavy (non-hydrogen) atoms. The molecule has 0 aliphatic carbocycles. The lowest BCUT2D eigenvalue weighted by Gasteiger charge is -2.25. The van der Waals surface area contributed by atoms with E-state index in [1.54, 1.807) is 0 Å². The number of hydrogen-bond donors (Lipinski definition) is 1. The number of nitrogens with one attached hydrogen (secondary N) is 1. The predicted molar refractivity (Wildman–Crippen MR) is 92.1 cm³/mol. The topological polar surface area (TPSA) is 25.0 Å². The molecular formula is C16H37N5. The van der Waals surface area contributed by atoms with Crippen molar-refractivity contribution in [3.05, 3.63) is 0 Å². The summed E-state index contributed by atoms with van der Waals surface area (Å²) in [6.07, 6.45) is 2.79. The van der Waals surface area contributed by atoms with Crippen LogP contribution in [0, 0.1) is 0 Å². The fraction of sp³-hybridized carbons (Fsp3) is 1.00. The van der Waals surface area contributed by atoms with Crippen molar-refractivity contribution in [3.63, 3.8) is 0 Å². The molecule has 0 unspecified atom stereocenters. The van der Waals surface area contributed by atoms with E-state index in [1.807, 2.05) is 7.05 Å². The van der Waals surface area contributed by atoms with Gasteiger partial charge in [0.15, 0.2) is 0 Å². The monoisotopic (exact) mass is 299 g/mol. The number of nitrogens with zero attached hydrogens (tertiary/aromatic N) is 4. The molecule has 0 aromatic heterocycles. The summed E-state index contributed by atoms with van der Waals surface area (Å²) in [5, 5.41) is 3.20. The summed E-state index contributed by atoms with van der Waals surface area (Å²) >= 11 is 0. The highest BCUT2D eigenvalue weighted by atomic mass is 15.2. The molecule has 1 N–H and O–H groups in total. The molecule has 1 rings (SSSR count). The first-order valence-electron chi connectivity index (χ1n) is 8.54. The molecule has 0 radical (unpaired) electrons. The fourth-order valence-corrected chi connectivity index (χ4v) is 2.64. The standard InChI is InChI=1S/C16H37N5/c1-17-7-10-18(2)11-12-19(3)13-14-20(4)15-16-21-8-5-6-9-21/h17H,5-16H2,1-4H3. The zero-order chi connectivity index (χ0) is 15.5. The van der Waals surface area contributed by atoms with E-state index in [0.717, 1.165) is 32.7 Å². The van der Waals surface area contributed by atoms with Crippen molar-refractivity contribution in [1.29, 1.82) is 0 Å². The Balaban J connectivity index is 1.99. The lowest BCUT2D eigenvalue weighted by atomic mass is 10.4. The SMILES string of the molecule is CNCCN(C)CCN(C)CCN(C)CCN1CCCC1. The van der Waals surface area contributed by atoms with Crippen molar-refractivity contribution in [3.8, 4) is 0 Å². The molecule has 0 saturated carbocycles. The highest BCUT2D eigenvalue weighted by Crippen LogP contribution is 2.06. The van der Waals surface area contributed by atoms with Crippen LogP contribution >= 0.6 is 0 Å². The molecule has 1 heterocycles. The van der Waals surface area contributed by atoms with Gasteiger partial charge in [0.1, 0.15) is 0 Å². The van der Waals surface area contributed by atoms with Crippen LogP contribution in [0.4, 0.5) is 0 Å². The molecule has 0 aromatic carbocycles. The lowest BCUT2D eigenvalue weighted by Crippen LogP contribution is -2.39. The molecule has 0 amide bonds. The van der Waals surface area contributed by atoms with E-state index in [0.29, 0.717) is 0 Å². The highest BCUT2D eigenvalue weighted by molar-refractivity contribution is 4.68. The van der Waals surface area contributed by atoms with Crippen LogP contribution in [0.2, 0.25) is 0 Å². The Morgan fingerprint density at radius 3 is 1.76 bits per heavy atom. The minimum Gasteiger partial charge on any atom is -0.318 e. The zero-order valence-electron chi connectivity index (χ0n) is 14.8. The van der Waals surface area contributed by atoms with Crippen LogP contribution in [0.5, 0.6) is 0 Å². The average Bonchev–Trinajstić information content (AvgIpc) is 3.00. The lowest BCUT2D eigenvalue weighted by molar-refractivity contribution is 0.211. The van der Waals surface area contributed by atoms with E-state index in [9.17, 15) is 0 Å². The van der Waals surface area contributed by atoms with Crippen LogP contribution in [0.1, 0.15) is 12.8 Å². The molecule has 5 heteroatoms. The van der Waals surface area contributed by atoms with Crippen LogP contribution in [0.3, 0.4) is 0 Å². The van der Waals surface area contributed by atoms with Crippen molar-refractivity contribution in [2.45, 2.75) is 12.8 Å². The first-order chi connectivity index (χ1) is 10.1. The molecule has 5 nitrogen and oxygen atoms in total. The van der Waals surface area contributed by atoms with Gasteiger partial charge in [-0.3, -0.25) is 0 Å². The molecule has 1 saturated heterocycles. The van der Waals surface area contributed by atoms with Crippen molar-refractivity contribution >= 4 is 0 Å². The van der Waals surface area contributed by atoms with Gasteiger partial charge in [-0.25, -0.2) is 0 Å². The zero-order valence-corrected chi connectivity index (χ0v) is 14.8. The average molecular weight is 300 g/mol. The summed E-state index contributed by atoms with van der Waals surface area (Å²) in [4.78, 5) is 9.91. The van der Waals surface area contributed by atoms with Crippen molar-refractivity contribution in [1.82, 2.24) is 24.9 Å². The van der Waals surface area contributed by atoms with E-state index >= 15 is 0 Å². The summed E-state index contributed by atoms with van der Waals surface area (Å²) in [7, 11) is 8.70. The van der Waals surface area contributed by atoms with Gasteiger partial charge in [-0.1, -0.05) is 0 Å². The van der Waals surface area contributed by atoms with Gasteiger partial charge in [0.05, 0.1) is 0 Å². The maximum Gasteiger partial charge on any atom is 0.0109 e. The smallest absolute Gasteiger partial charge is 0.0109 e. The minimum atomic E-state index is 1.07. The third-order valence-corrected chi connectivity index (χ3v) is 4.47. The molecule has 0 aromatic rings. The van der Waals surface area contributed by atoms with Gasteiger partial charge in [-0.05, 0) is 54.1 Å². The van der Waals surface area contributed by atoms with Crippen molar-refractivity contribution in [2.75, 3.05) is 93.6 Å². The largest absolute Gasteiger partial charge is 0.318 e.